The number of carbonyl (C=O) groups is 2. The maximum Gasteiger partial charge on any atom is 0.321 e. The van der Waals surface area contributed by atoms with E-state index < -0.39 is 11.9 Å². The van der Waals surface area contributed by atoms with Crippen LogP contribution in [0, 0.1) is 5.92 Å². The van der Waals surface area contributed by atoms with Gasteiger partial charge >= 0.3 is 6.03 Å². The van der Waals surface area contributed by atoms with E-state index in [9.17, 15) is 14.4 Å². The highest BCUT2D eigenvalue weighted by molar-refractivity contribution is 7.99. The number of hydrogen-bond donors (Lipinski definition) is 2. The summed E-state index contributed by atoms with van der Waals surface area (Å²) in [5.41, 5.74) is 0.324. The van der Waals surface area contributed by atoms with Crippen molar-refractivity contribution in [3.05, 3.63) is 33.6 Å². The Kier molecular flexibility index (Phi) is 7.88. The van der Waals surface area contributed by atoms with Gasteiger partial charge in [-0.25, -0.2) is 9.78 Å². The summed E-state index contributed by atoms with van der Waals surface area (Å²) >= 11 is 7.14. The number of aromatic nitrogens is 2. The third kappa shape index (κ3) is 5.97. The van der Waals surface area contributed by atoms with Crippen molar-refractivity contribution in [3.8, 4) is 0 Å². The molecule has 28 heavy (non-hydrogen) atoms. The number of hydrogen-bond acceptors (Lipinski definition) is 5. The van der Waals surface area contributed by atoms with Gasteiger partial charge in [-0.3, -0.25) is 19.5 Å². The normalized spacial score (nSPS) is 12.2. The zero-order valence-corrected chi connectivity index (χ0v) is 18.0. The van der Waals surface area contributed by atoms with Gasteiger partial charge in [0.05, 0.1) is 16.7 Å². The van der Waals surface area contributed by atoms with E-state index in [-0.39, 0.29) is 23.3 Å². The Morgan fingerprint density at radius 1 is 1.29 bits per heavy atom. The largest absolute Gasteiger partial charge is 0.335 e. The van der Waals surface area contributed by atoms with Crippen molar-refractivity contribution < 1.29 is 9.59 Å². The van der Waals surface area contributed by atoms with E-state index in [1.807, 2.05) is 27.7 Å². The van der Waals surface area contributed by atoms with Gasteiger partial charge in [-0.05, 0) is 37.5 Å². The van der Waals surface area contributed by atoms with Crippen molar-refractivity contribution in [2.24, 2.45) is 5.92 Å². The molecule has 1 aromatic carbocycles. The molecule has 0 fully saturated rings. The van der Waals surface area contributed by atoms with Crippen LogP contribution in [-0.2, 0) is 11.3 Å². The van der Waals surface area contributed by atoms with Crippen molar-refractivity contribution in [1.29, 1.82) is 0 Å². The van der Waals surface area contributed by atoms with Gasteiger partial charge in [0.15, 0.2) is 5.16 Å². The number of amides is 3. The molecule has 0 saturated carbocycles. The molecule has 3 amide bonds. The lowest BCUT2D eigenvalue weighted by atomic mass is 10.2. The van der Waals surface area contributed by atoms with Crippen molar-refractivity contribution >= 4 is 46.2 Å². The van der Waals surface area contributed by atoms with Crippen LogP contribution in [0.25, 0.3) is 10.9 Å². The maximum atomic E-state index is 12.9. The molecule has 0 bridgehead atoms. The van der Waals surface area contributed by atoms with Crippen molar-refractivity contribution in [2.75, 3.05) is 5.75 Å². The molecule has 2 aromatic rings. The third-order valence-corrected chi connectivity index (χ3v) is 5.22. The first-order valence-electron chi connectivity index (χ1n) is 9.14. The number of thioether (sulfide) groups is 1. The first kappa shape index (κ1) is 22.2. The first-order valence-corrected chi connectivity index (χ1v) is 10.5. The van der Waals surface area contributed by atoms with Crippen LogP contribution in [-0.4, -0.2) is 33.3 Å². The molecule has 0 radical (unpaired) electrons. The summed E-state index contributed by atoms with van der Waals surface area (Å²) in [7, 11) is 0. The lowest BCUT2D eigenvalue weighted by molar-refractivity contribution is -0.117. The Morgan fingerprint density at radius 2 is 2.00 bits per heavy atom. The highest BCUT2D eigenvalue weighted by Gasteiger charge is 2.16. The average molecular weight is 425 g/mol. The Bertz CT molecular complexity index is 929. The van der Waals surface area contributed by atoms with Crippen LogP contribution < -0.4 is 16.2 Å². The van der Waals surface area contributed by atoms with Crippen LogP contribution in [0.2, 0.25) is 5.02 Å². The molecular formula is C19H25ClN4O3S. The number of imide groups is 1. The predicted octanol–water partition coefficient (Wildman–Crippen LogP) is 3.42. The Labute approximate surface area is 173 Å². The first-order chi connectivity index (χ1) is 13.2. The molecule has 2 rings (SSSR count). The van der Waals surface area contributed by atoms with E-state index in [4.69, 9.17) is 11.6 Å². The van der Waals surface area contributed by atoms with Crippen LogP contribution in [0.1, 0.15) is 34.1 Å². The van der Waals surface area contributed by atoms with Crippen molar-refractivity contribution in [2.45, 2.75) is 51.9 Å². The molecule has 0 saturated heterocycles. The predicted molar refractivity (Wildman–Crippen MR) is 113 cm³/mol. The molecule has 0 aliphatic carbocycles. The number of rotatable bonds is 7. The highest BCUT2D eigenvalue weighted by atomic mass is 35.5. The van der Waals surface area contributed by atoms with Gasteiger partial charge in [-0.1, -0.05) is 44.1 Å². The SMILES string of the molecule is CC[C@@H](C)NC(=O)NC(=O)CSc1nc2ccc(Cl)cc2c(=O)n1CC(C)C. The second-order valence-electron chi connectivity index (χ2n) is 6.99. The molecule has 7 nitrogen and oxygen atoms in total. The summed E-state index contributed by atoms with van der Waals surface area (Å²) in [4.78, 5) is 41.3. The fraction of sp³-hybridized carbons (Fsp3) is 0.474. The second-order valence-corrected chi connectivity index (χ2v) is 8.36. The number of carbonyl (C=O) groups excluding carboxylic acids is 2. The van der Waals surface area contributed by atoms with Crippen LogP contribution in [0.3, 0.4) is 0 Å². The Morgan fingerprint density at radius 3 is 2.64 bits per heavy atom. The fourth-order valence-electron chi connectivity index (χ4n) is 2.46. The standard InChI is InChI=1S/C19H25ClN4O3S/c1-5-12(4)21-18(27)23-16(25)10-28-19-22-15-7-6-13(20)8-14(15)17(26)24(19)9-11(2)3/h6-8,11-12H,5,9-10H2,1-4H3,(H2,21,23,25,27)/t12-/m1/s1. The molecule has 1 atom stereocenters. The molecule has 0 aliphatic rings. The van der Waals surface area contributed by atoms with E-state index in [1.165, 1.54) is 0 Å². The van der Waals surface area contributed by atoms with Gasteiger partial charge in [0.25, 0.3) is 5.56 Å². The number of benzene rings is 1. The lowest BCUT2D eigenvalue weighted by Gasteiger charge is -2.15. The number of nitrogens with one attached hydrogen (secondary N) is 2. The summed E-state index contributed by atoms with van der Waals surface area (Å²) in [6.07, 6.45) is 0.767. The number of halogens is 1. The van der Waals surface area contributed by atoms with Gasteiger partial charge < -0.3 is 5.32 Å². The second kappa shape index (κ2) is 9.93. The highest BCUT2D eigenvalue weighted by Crippen LogP contribution is 2.21. The van der Waals surface area contributed by atoms with Crippen molar-refractivity contribution in [1.82, 2.24) is 20.2 Å². The zero-order chi connectivity index (χ0) is 20.8. The van der Waals surface area contributed by atoms with E-state index >= 15 is 0 Å². The van der Waals surface area contributed by atoms with E-state index in [1.54, 1.807) is 22.8 Å². The van der Waals surface area contributed by atoms with Crippen LogP contribution >= 0.6 is 23.4 Å². The van der Waals surface area contributed by atoms with Crippen LogP contribution in [0.4, 0.5) is 4.79 Å². The minimum absolute atomic E-state index is 0.0225. The quantitative estimate of drug-likeness (QED) is 0.524. The average Bonchev–Trinajstić information content (AvgIpc) is 2.62. The molecular weight excluding hydrogens is 400 g/mol. The topological polar surface area (TPSA) is 93.1 Å². The van der Waals surface area contributed by atoms with Crippen molar-refractivity contribution in [3.63, 3.8) is 0 Å². The Hall–Kier alpha value is -2.06. The lowest BCUT2D eigenvalue weighted by Crippen LogP contribution is -2.44. The van der Waals surface area contributed by atoms with Gasteiger partial charge in [-0.15, -0.1) is 0 Å². The number of urea groups is 1. The number of fused-ring (bicyclic) bond motifs is 1. The molecule has 2 N–H and O–H groups in total. The van der Waals surface area contributed by atoms with E-state index in [2.05, 4.69) is 15.6 Å². The van der Waals surface area contributed by atoms with E-state index in [0.717, 1.165) is 18.2 Å². The monoisotopic (exact) mass is 424 g/mol. The zero-order valence-electron chi connectivity index (χ0n) is 16.4. The van der Waals surface area contributed by atoms with Gasteiger partial charge in [0.2, 0.25) is 5.91 Å². The molecule has 0 spiro atoms. The maximum absolute atomic E-state index is 12.9. The minimum Gasteiger partial charge on any atom is -0.335 e. The molecule has 9 heteroatoms. The van der Waals surface area contributed by atoms with Gasteiger partial charge in [-0.2, -0.15) is 0 Å². The third-order valence-electron chi connectivity index (χ3n) is 4.00. The molecule has 0 unspecified atom stereocenters. The molecule has 1 aromatic heterocycles. The molecule has 152 valence electrons. The molecule has 1 heterocycles. The Balaban J connectivity index is 2.21. The summed E-state index contributed by atoms with van der Waals surface area (Å²) < 4.78 is 1.56. The summed E-state index contributed by atoms with van der Waals surface area (Å²) in [6.45, 7) is 8.25. The minimum atomic E-state index is -0.527. The summed E-state index contributed by atoms with van der Waals surface area (Å²) in [5, 5.41) is 6.31. The van der Waals surface area contributed by atoms with Gasteiger partial charge in [0, 0.05) is 17.6 Å². The summed E-state index contributed by atoms with van der Waals surface area (Å²) in [6, 6.07) is 4.40. The fourth-order valence-corrected chi connectivity index (χ4v) is 3.44. The van der Waals surface area contributed by atoms with Crippen LogP contribution in [0.15, 0.2) is 28.2 Å². The van der Waals surface area contributed by atoms with Gasteiger partial charge in [0.1, 0.15) is 0 Å². The van der Waals surface area contributed by atoms with E-state index in [0.29, 0.717) is 27.6 Å². The number of nitrogens with zero attached hydrogens (tertiary/aromatic N) is 2. The molecule has 0 aliphatic heterocycles. The van der Waals surface area contributed by atoms with Crippen LogP contribution in [0.5, 0.6) is 0 Å². The smallest absolute Gasteiger partial charge is 0.321 e. The summed E-state index contributed by atoms with van der Waals surface area (Å²) in [5.74, 6) is -0.268.